The van der Waals surface area contributed by atoms with Crippen LogP contribution in [0, 0.1) is 0 Å². The van der Waals surface area contributed by atoms with Gasteiger partial charge in [0.05, 0.1) is 0 Å². The highest BCUT2D eigenvalue weighted by Gasteiger charge is 2.39. The minimum absolute atomic E-state index is 0.304. The second kappa shape index (κ2) is 3.88. The molecule has 1 aromatic carbocycles. The van der Waals surface area contributed by atoms with Crippen molar-refractivity contribution in [2.75, 3.05) is 6.54 Å². The third kappa shape index (κ3) is 1.65. The molecule has 1 aromatic rings. The molecule has 0 aromatic heterocycles. The molecule has 0 spiro atoms. The first-order chi connectivity index (χ1) is 7.70. The summed E-state index contributed by atoms with van der Waals surface area (Å²) in [6.07, 6.45) is 2.58. The number of nitrogens with two attached hydrogens (primary N) is 1. The smallest absolute Gasteiger partial charge is 0.0481 e. The lowest BCUT2D eigenvalue weighted by molar-refractivity contribution is 0.209. The SMILES string of the molecule is NCC1c2cc(Cl)cc(Cl)c2CN1C1CC1. The van der Waals surface area contributed by atoms with Gasteiger partial charge in [0.15, 0.2) is 0 Å². The summed E-state index contributed by atoms with van der Waals surface area (Å²) in [4.78, 5) is 2.47. The van der Waals surface area contributed by atoms with Crippen molar-refractivity contribution in [3.8, 4) is 0 Å². The lowest BCUT2D eigenvalue weighted by Crippen LogP contribution is -2.29. The zero-order valence-corrected chi connectivity index (χ0v) is 10.4. The second-order valence-corrected chi connectivity index (χ2v) is 5.45. The van der Waals surface area contributed by atoms with Crippen LogP contribution >= 0.6 is 23.2 Å². The van der Waals surface area contributed by atoms with Crippen LogP contribution in [-0.2, 0) is 6.54 Å². The molecule has 2 N–H and O–H groups in total. The van der Waals surface area contributed by atoms with E-state index in [0.29, 0.717) is 23.7 Å². The van der Waals surface area contributed by atoms with Crippen LogP contribution in [-0.4, -0.2) is 17.5 Å². The van der Waals surface area contributed by atoms with Gasteiger partial charge in [-0.2, -0.15) is 0 Å². The molecule has 2 nitrogen and oxygen atoms in total. The fraction of sp³-hybridized carbons (Fsp3) is 0.500. The van der Waals surface area contributed by atoms with Gasteiger partial charge in [-0.1, -0.05) is 23.2 Å². The van der Waals surface area contributed by atoms with E-state index in [1.807, 2.05) is 12.1 Å². The van der Waals surface area contributed by atoms with Crippen molar-refractivity contribution in [2.24, 2.45) is 5.73 Å². The average Bonchev–Trinajstić information content (AvgIpc) is 3.00. The van der Waals surface area contributed by atoms with E-state index in [1.165, 1.54) is 24.0 Å². The average molecular weight is 257 g/mol. The first-order valence-electron chi connectivity index (χ1n) is 5.64. The molecule has 0 bridgehead atoms. The number of hydrogen-bond donors (Lipinski definition) is 1. The maximum Gasteiger partial charge on any atom is 0.0481 e. The largest absolute Gasteiger partial charge is 0.329 e. The molecule has 1 unspecified atom stereocenters. The van der Waals surface area contributed by atoms with Gasteiger partial charge in [0, 0.05) is 35.2 Å². The van der Waals surface area contributed by atoms with E-state index in [1.54, 1.807) is 0 Å². The molecular formula is C12H14Cl2N2. The van der Waals surface area contributed by atoms with Gasteiger partial charge in [-0.3, -0.25) is 4.90 Å². The lowest BCUT2D eigenvalue weighted by atomic mass is 10.1. The van der Waals surface area contributed by atoms with Crippen LogP contribution in [0.1, 0.15) is 30.0 Å². The Morgan fingerprint density at radius 3 is 2.69 bits per heavy atom. The van der Waals surface area contributed by atoms with Crippen LogP contribution in [0.15, 0.2) is 12.1 Å². The molecule has 86 valence electrons. The van der Waals surface area contributed by atoms with Gasteiger partial charge in [-0.15, -0.1) is 0 Å². The highest BCUT2D eigenvalue weighted by Crippen LogP contribution is 2.44. The van der Waals surface area contributed by atoms with Crippen LogP contribution < -0.4 is 5.73 Å². The molecule has 1 aliphatic heterocycles. The molecule has 16 heavy (non-hydrogen) atoms. The van der Waals surface area contributed by atoms with Crippen LogP contribution in [0.4, 0.5) is 0 Å². The summed E-state index contributed by atoms with van der Waals surface area (Å²) in [6.45, 7) is 1.57. The predicted molar refractivity (Wildman–Crippen MR) is 66.8 cm³/mol. The van der Waals surface area contributed by atoms with Crippen molar-refractivity contribution >= 4 is 23.2 Å². The maximum absolute atomic E-state index is 6.24. The number of benzene rings is 1. The van der Waals surface area contributed by atoms with Gasteiger partial charge >= 0.3 is 0 Å². The van der Waals surface area contributed by atoms with Gasteiger partial charge in [-0.05, 0) is 36.1 Å². The lowest BCUT2D eigenvalue weighted by Gasteiger charge is -2.23. The van der Waals surface area contributed by atoms with Gasteiger partial charge in [0.25, 0.3) is 0 Å². The quantitative estimate of drug-likeness (QED) is 0.882. The molecule has 3 rings (SSSR count). The van der Waals surface area contributed by atoms with Gasteiger partial charge < -0.3 is 5.73 Å². The normalized spacial score (nSPS) is 24.8. The molecule has 1 saturated carbocycles. The molecule has 0 amide bonds. The molecule has 0 saturated heterocycles. The fourth-order valence-corrected chi connectivity index (χ4v) is 3.18. The van der Waals surface area contributed by atoms with Crippen LogP contribution in [0.2, 0.25) is 10.0 Å². The van der Waals surface area contributed by atoms with Crippen molar-refractivity contribution in [2.45, 2.75) is 31.5 Å². The second-order valence-electron chi connectivity index (χ2n) is 4.61. The summed E-state index contributed by atoms with van der Waals surface area (Å²) in [5, 5.41) is 1.49. The van der Waals surface area contributed by atoms with Crippen LogP contribution in [0.3, 0.4) is 0 Å². The summed E-state index contributed by atoms with van der Waals surface area (Å²) in [7, 11) is 0. The van der Waals surface area contributed by atoms with Crippen LogP contribution in [0.25, 0.3) is 0 Å². The Morgan fingerprint density at radius 1 is 1.31 bits per heavy atom. The highest BCUT2D eigenvalue weighted by molar-refractivity contribution is 6.35. The van der Waals surface area contributed by atoms with Crippen molar-refractivity contribution in [3.05, 3.63) is 33.3 Å². The third-order valence-electron chi connectivity index (χ3n) is 3.53. The number of hydrogen-bond acceptors (Lipinski definition) is 2. The number of halogens is 2. The molecule has 1 atom stereocenters. The summed E-state index contributed by atoms with van der Waals surface area (Å²) in [5.41, 5.74) is 8.32. The van der Waals surface area contributed by atoms with Crippen molar-refractivity contribution in [3.63, 3.8) is 0 Å². The number of nitrogens with zero attached hydrogens (tertiary/aromatic N) is 1. The van der Waals surface area contributed by atoms with E-state index >= 15 is 0 Å². The van der Waals surface area contributed by atoms with E-state index in [0.717, 1.165) is 11.6 Å². The highest BCUT2D eigenvalue weighted by atomic mass is 35.5. The third-order valence-corrected chi connectivity index (χ3v) is 4.09. The fourth-order valence-electron chi connectivity index (χ4n) is 2.61. The van der Waals surface area contributed by atoms with E-state index in [-0.39, 0.29) is 0 Å². The Balaban J connectivity index is 2.03. The Hall–Kier alpha value is -0.280. The van der Waals surface area contributed by atoms with Gasteiger partial charge in [-0.25, -0.2) is 0 Å². The molecule has 0 radical (unpaired) electrons. The molecule has 2 aliphatic rings. The van der Waals surface area contributed by atoms with E-state index < -0.39 is 0 Å². The minimum atomic E-state index is 0.304. The standard InChI is InChI=1S/C12H14Cl2N2/c13-7-3-9-10(11(14)4-7)6-16(8-1-2-8)12(9)5-15/h3-4,8,12H,1-2,5-6,15H2. The Labute approximate surface area is 105 Å². The Kier molecular flexibility index (Phi) is 2.63. The number of rotatable bonds is 2. The molecule has 1 aliphatic carbocycles. The summed E-state index contributed by atoms with van der Waals surface area (Å²) >= 11 is 12.3. The van der Waals surface area contributed by atoms with Gasteiger partial charge in [0.1, 0.15) is 0 Å². The molecule has 1 fully saturated rings. The zero-order valence-electron chi connectivity index (χ0n) is 8.92. The van der Waals surface area contributed by atoms with Crippen molar-refractivity contribution in [1.29, 1.82) is 0 Å². The van der Waals surface area contributed by atoms with Crippen molar-refractivity contribution in [1.82, 2.24) is 4.90 Å². The number of fused-ring (bicyclic) bond motifs is 1. The van der Waals surface area contributed by atoms with E-state index in [2.05, 4.69) is 4.90 Å². The summed E-state index contributed by atoms with van der Waals surface area (Å²) in [5.74, 6) is 0. The monoisotopic (exact) mass is 256 g/mol. The van der Waals surface area contributed by atoms with Crippen LogP contribution in [0.5, 0.6) is 0 Å². The van der Waals surface area contributed by atoms with Gasteiger partial charge in [0.2, 0.25) is 0 Å². The van der Waals surface area contributed by atoms with E-state index in [4.69, 9.17) is 28.9 Å². The first kappa shape index (κ1) is 10.8. The van der Waals surface area contributed by atoms with E-state index in [9.17, 15) is 0 Å². The summed E-state index contributed by atoms with van der Waals surface area (Å²) in [6, 6.07) is 4.85. The first-order valence-corrected chi connectivity index (χ1v) is 6.40. The zero-order chi connectivity index (χ0) is 11.3. The topological polar surface area (TPSA) is 29.3 Å². The maximum atomic E-state index is 6.24. The molecular weight excluding hydrogens is 243 g/mol. The van der Waals surface area contributed by atoms with Crippen molar-refractivity contribution < 1.29 is 0 Å². The Bertz CT molecular complexity index is 429. The molecule has 4 heteroatoms. The Morgan fingerprint density at radius 2 is 2.06 bits per heavy atom. The molecule has 1 heterocycles. The minimum Gasteiger partial charge on any atom is -0.329 e. The summed E-state index contributed by atoms with van der Waals surface area (Å²) < 4.78 is 0. The predicted octanol–water partition coefficient (Wildman–Crippen LogP) is 2.97.